The highest BCUT2D eigenvalue weighted by Gasteiger charge is 2.08. The van der Waals surface area contributed by atoms with Gasteiger partial charge in [-0.05, 0) is 53.4 Å². The van der Waals surface area contributed by atoms with E-state index >= 15 is 0 Å². The molecule has 1 amide bonds. The largest absolute Gasteiger partial charge is 0.399 e. The van der Waals surface area contributed by atoms with Gasteiger partial charge < -0.3 is 16.8 Å². The fourth-order valence-electron chi connectivity index (χ4n) is 2.36. The number of ketones is 1. The Balaban J connectivity index is 1.66. The summed E-state index contributed by atoms with van der Waals surface area (Å²) >= 11 is 1.41. The number of benzene rings is 2. The number of nitrogens with one attached hydrogen (secondary N) is 1. The van der Waals surface area contributed by atoms with Crippen LogP contribution in [0.4, 0.5) is 17.1 Å². The third-order valence-corrected chi connectivity index (χ3v) is 4.48. The second-order valence-electron chi connectivity index (χ2n) is 5.64. The number of nitrogens with two attached hydrogens (primary N) is 2. The number of carbonyl (C=O) groups excluding carboxylic acids is 2. The molecule has 3 aromatic rings. The van der Waals surface area contributed by atoms with E-state index in [0.717, 1.165) is 5.56 Å². The van der Waals surface area contributed by atoms with Crippen LogP contribution in [0.15, 0.2) is 66.1 Å². The Kier molecular flexibility index (Phi) is 5.15. The maximum atomic E-state index is 12.3. The molecule has 130 valence electrons. The first-order valence-electron chi connectivity index (χ1n) is 7.84. The van der Waals surface area contributed by atoms with Gasteiger partial charge in [-0.2, -0.15) is 0 Å². The molecule has 5 nitrogen and oxygen atoms in total. The SMILES string of the molecule is Nc1cc(N)cc(C(=O)Nc2ccc(C=CC(=O)c3cccs3)cc2)c1. The molecule has 2 aromatic carbocycles. The van der Waals surface area contributed by atoms with Gasteiger partial charge in [0.1, 0.15) is 0 Å². The minimum absolute atomic E-state index is 0.0309. The molecule has 0 bridgehead atoms. The lowest BCUT2D eigenvalue weighted by Crippen LogP contribution is -2.12. The number of hydrogen-bond acceptors (Lipinski definition) is 5. The number of allylic oxidation sites excluding steroid dienone is 1. The molecular weight excluding hydrogens is 346 g/mol. The number of rotatable bonds is 5. The summed E-state index contributed by atoms with van der Waals surface area (Å²) in [5, 5.41) is 4.66. The highest BCUT2D eigenvalue weighted by atomic mass is 32.1. The van der Waals surface area contributed by atoms with Gasteiger partial charge in [-0.1, -0.05) is 24.3 Å². The van der Waals surface area contributed by atoms with Crippen LogP contribution in [0.25, 0.3) is 6.08 Å². The monoisotopic (exact) mass is 363 g/mol. The lowest BCUT2D eigenvalue weighted by atomic mass is 10.1. The van der Waals surface area contributed by atoms with E-state index in [0.29, 0.717) is 27.5 Å². The van der Waals surface area contributed by atoms with Crippen LogP contribution in [-0.4, -0.2) is 11.7 Å². The molecule has 0 spiro atoms. The number of nitrogen functional groups attached to an aromatic ring is 2. The Bertz CT molecular complexity index is 941. The van der Waals surface area contributed by atoms with E-state index in [9.17, 15) is 9.59 Å². The van der Waals surface area contributed by atoms with E-state index in [2.05, 4.69) is 5.32 Å². The summed E-state index contributed by atoms with van der Waals surface area (Å²) in [5.74, 6) is -0.322. The molecule has 3 rings (SSSR count). The molecule has 0 aliphatic heterocycles. The van der Waals surface area contributed by atoms with Crippen LogP contribution in [0.1, 0.15) is 25.6 Å². The van der Waals surface area contributed by atoms with E-state index < -0.39 is 0 Å². The maximum Gasteiger partial charge on any atom is 0.255 e. The van der Waals surface area contributed by atoms with E-state index in [4.69, 9.17) is 11.5 Å². The van der Waals surface area contributed by atoms with E-state index in [1.807, 2.05) is 23.6 Å². The number of carbonyl (C=O) groups is 2. The van der Waals surface area contributed by atoms with Crippen LogP contribution in [0.5, 0.6) is 0 Å². The molecule has 26 heavy (non-hydrogen) atoms. The van der Waals surface area contributed by atoms with Gasteiger partial charge in [-0.25, -0.2) is 0 Å². The normalized spacial score (nSPS) is 10.8. The van der Waals surface area contributed by atoms with Crippen molar-refractivity contribution >= 4 is 46.2 Å². The topological polar surface area (TPSA) is 98.2 Å². The van der Waals surface area contributed by atoms with Gasteiger partial charge in [0.25, 0.3) is 5.91 Å². The van der Waals surface area contributed by atoms with Crippen molar-refractivity contribution in [2.45, 2.75) is 0 Å². The lowest BCUT2D eigenvalue weighted by Gasteiger charge is -2.07. The van der Waals surface area contributed by atoms with E-state index in [1.165, 1.54) is 17.4 Å². The Morgan fingerprint density at radius 3 is 2.27 bits per heavy atom. The molecule has 1 heterocycles. The van der Waals surface area contributed by atoms with Crippen LogP contribution in [0.2, 0.25) is 0 Å². The number of amides is 1. The summed E-state index contributed by atoms with van der Waals surface area (Å²) in [6, 6.07) is 15.5. The summed E-state index contributed by atoms with van der Waals surface area (Å²) in [4.78, 5) is 24.9. The van der Waals surface area contributed by atoms with Gasteiger partial charge in [0.15, 0.2) is 5.78 Å². The van der Waals surface area contributed by atoms with Crippen molar-refractivity contribution in [2.75, 3.05) is 16.8 Å². The van der Waals surface area contributed by atoms with E-state index in [-0.39, 0.29) is 11.7 Å². The van der Waals surface area contributed by atoms with Crippen molar-refractivity contribution in [1.29, 1.82) is 0 Å². The molecular formula is C20H17N3O2S. The molecule has 0 radical (unpaired) electrons. The molecule has 0 aliphatic rings. The average molecular weight is 363 g/mol. The van der Waals surface area contributed by atoms with Gasteiger partial charge >= 0.3 is 0 Å². The Hall–Kier alpha value is -3.38. The third kappa shape index (κ3) is 4.37. The molecule has 0 atom stereocenters. The van der Waals surface area contributed by atoms with Gasteiger partial charge in [-0.15, -0.1) is 11.3 Å². The minimum atomic E-state index is -0.292. The van der Waals surface area contributed by atoms with Crippen molar-refractivity contribution in [1.82, 2.24) is 0 Å². The summed E-state index contributed by atoms with van der Waals surface area (Å²) in [6.45, 7) is 0. The van der Waals surface area contributed by atoms with Gasteiger partial charge in [0.05, 0.1) is 4.88 Å². The van der Waals surface area contributed by atoms with Crippen LogP contribution in [0.3, 0.4) is 0 Å². The lowest BCUT2D eigenvalue weighted by molar-refractivity contribution is 0.102. The Morgan fingerprint density at radius 1 is 0.962 bits per heavy atom. The summed E-state index contributed by atoms with van der Waals surface area (Å²) < 4.78 is 0. The molecule has 0 aliphatic carbocycles. The highest BCUT2D eigenvalue weighted by molar-refractivity contribution is 7.12. The van der Waals surface area contributed by atoms with Crippen molar-refractivity contribution in [3.8, 4) is 0 Å². The molecule has 1 aromatic heterocycles. The standard InChI is InChI=1S/C20H17N3O2S/c21-15-10-14(11-16(22)12-15)20(25)23-17-6-3-13(4-7-17)5-8-18(24)19-2-1-9-26-19/h1-12H,21-22H2,(H,23,25). The van der Waals surface area contributed by atoms with Crippen molar-refractivity contribution in [2.24, 2.45) is 0 Å². The average Bonchev–Trinajstić information content (AvgIpc) is 3.15. The fourth-order valence-corrected chi connectivity index (χ4v) is 3.01. The number of hydrogen-bond donors (Lipinski definition) is 3. The quantitative estimate of drug-likeness (QED) is 0.362. The number of anilines is 3. The van der Waals surface area contributed by atoms with Crippen molar-refractivity contribution in [3.05, 3.63) is 82.1 Å². The zero-order chi connectivity index (χ0) is 18.5. The van der Waals surface area contributed by atoms with Gasteiger partial charge in [0.2, 0.25) is 0 Å². The Labute approximate surface area is 155 Å². The second kappa shape index (κ2) is 7.67. The zero-order valence-electron chi connectivity index (χ0n) is 13.8. The summed E-state index contributed by atoms with van der Waals surface area (Å²) in [7, 11) is 0. The van der Waals surface area contributed by atoms with Crippen LogP contribution >= 0.6 is 11.3 Å². The Morgan fingerprint density at radius 2 is 1.65 bits per heavy atom. The van der Waals surface area contributed by atoms with E-state index in [1.54, 1.807) is 42.5 Å². The van der Waals surface area contributed by atoms with Crippen molar-refractivity contribution < 1.29 is 9.59 Å². The first-order chi connectivity index (χ1) is 12.5. The predicted molar refractivity (Wildman–Crippen MR) is 107 cm³/mol. The molecule has 0 saturated carbocycles. The van der Waals surface area contributed by atoms with Gasteiger partial charge in [-0.3, -0.25) is 9.59 Å². The molecule has 0 saturated heterocycles. The smallest absolute Gasteiger partial charge is 0.255 e. The predicted octanol–water partition coefficient (Wildman–Crippen LogP) is 4.06. The van der Waals surface area contributed by atoms with Gasteiger partial charge in [0, 0.05) is 22.6 Å². The summed E-state index contributed by atoms with van der Waals surface area (Å²) in [6.07, 6.45) is 3.28. The second-order valence-corrected chi connectivity index (χ2v) is 6.59. The van der Waals surface area contributed by atoms with Crippen LogP contribution < -0.4 is 16.8 Å². The molecule has 6 heteroatoms. The third-order valence-electron chi connectivity index (χ3n) is 3.60. The highest BCUT2D eigenvalue weighted by Crippen LogP contribution is 2.17. The van der Waals surface area contributed by atoms with Crippen molar-refractivity contribution in [3.63, 3.8) is 0 Å². The fraction of sp³-hybridized carbons (Fsp3) is 0. The van der Waals surface area contributed by atoms with Crippen LogP contribution in [0, 0.1) is 0 Å². The first kappa shape index (κ1) is 17.4. The van der Waals surface area contributed by atoms with Crippen LogP contribution in [-0.2, 0) is 0 Å². The zero-order valence-corrected chi connectivity index (χ0v) is 14.6. The summed E-state index contributed by atoms with van der Waals surface area (Å²) in [5.41, 5.74) is 14.2. The number of thiophene rings is 1. The maximum absolute atomic E-state index is 12.3. The molecule has 0 fully saturated rings. The first-order valence-corrected chi connectivity index (χ1v) is 8.72. The molecule has 0 unspecified atom stereocenters. The minimum Gasteiger partial charge on any atom is -0.399 e. The molecule has 5 N–H and O–H groups in total.